The van der Waals surface area contributed by atoms with Crippen LogP contribution in [0.5, 0.6) is 0 Å². The van der Waals surface area contributed by atoms with Crippen molar-refractivity contribution in [2.75, 3.05) is 33.4 Å². The molecule has 0 spiro atoms. The highest BCUT2D eigenvalue weighted by molar-refractivity contribution is 5.93. The summed E-state index contributed by atoms with van der Waals surface area (Å²) in [6.45, 7) is 5.62. The lowest BCUT2D eigenvalue weighted by Gasteiger charge is -2.08. The van der Waals surface area contributed by atoms with E-state index in [1.54, 1.807) is 6.92 Å². The van der Waals surface area contributed by atoms with Crippen LogP contribution in [0, 0.1) is 0 Å². The summed E-state index contributed by atoms with van der Waals surface area (Å²) in [6.07, 6.45) is -0.116. The summed E-state index contributed by atoms with van der Waals surface area (Å²) in [5, 5.41) is 5.14. The van der Waals surface area contributed by atoms with Gasteiger partial charge in [0.1, 0.15) is 13.2 Å². The largest absolute Gasteiger partial charge is 0.465 e. The summed E-state index contributed by atoms with van der Waals surface area (Å²) in [7, 11) is 1.27. The van der Waals surface area contributed by atoms with Gasteiger partial charge in [-0.2, -0.15) is 0 Å². The van der Waals surface area contributed by atoms with Crippen molar-refractivity contribution in [3.8, 4) is 0 Å². The molecule has 0 heterocycles. The molecule has 0 radical (unpaired) electrons. The molecular formula is C19H24N2O7. The molecule has 0 atom stereocenters. The highest BCUT2D eigenvalue weighted by Gasteiger charge is 2.10. The van der Waals surface area contributed by atoms with Gasteiger partial charge in [0, 0.05) is 18.7 Å². The monoisotopic (exact) mass is 392 g/mol. The summed E-state index contributed by atoms with van der Waals surface area (Å²) >= 11 is 0. The first-order valence-corrected chi connectivity index (χ1v) is 8.55. The SMILES string of the molecule is C=C(C)C(=O)NCCCNC(=O)OCCOC(=O)c1ccc(C(=O)OC)cc1. The number of amides is 2. The summed E-state index contributed by atoms with van der Waals surface area (Å²) < 4.78 is 14.4. The summed E-state index contributed by atoms with van der Waals surface area (Å²) in [5.41, 5.74) is 0.994. The average molecular weight is 392 g/mol. The molecule has 1 aromatic carbocycles. The van der Waals surface area contributed by atoms with E-state index >= 15 is 0 Å². The lowest BCUT2D eigenvalue weighted by atomic mass is 10.1. The minimum atomic E-state index is -0.648. The average Bonchev–Trinajstić information content (AvgIpc) is 2.69. The van der Waals surface area contributed by atoms with Gasteiger partial charge in [0.2, 0.25) is 5.91 Å². The van der Waals surface area contributed by atoms with Crippen LogP contribution in [0.3, 0.4) is 0 Å². The van der Waals surface area contributed by atoms with E-state index in [2.05, 4.69) is 21.9 Å². The van der Waals surface area contributed by atoms with Gasteiger partial charge in [-0.05, 0) is 37.6 Å². The van der Waals surface area contributed by atoms with E-state index in [1.807, 2.05) is 0 Å². The van der Waals surface area contributed by atoms with Gasteiger partial charge in [0.15, 0.2) is 0 Å². The first-order chi connectivity index (χ1) is 13.3. The Balaban J connectivity index is 2.16. The molecule has 152 valence electrons. The van der Waals surface area contributed by atoms with Gasteiger partial charge in [-0.15, -0.1) is 0 Å². The van der Waals surface area contributed by atoms with E-state index < -0.39 is 18.0 Å². The number of ether oxygens (including phenoxy) is 3. The predicted molar refractivity (Wildman–Crippen MR) is 99.9 cm³/mol. The normalized spacial score (nSPS) is 9.79. The molecule has 0 bridgehead atoms. The van der Waals surface area contributed by atoms with Crippen molar-refractivity contribution in [2.24, 2.45) is 0 Å². The number of rotatable bonds is 10. The maximum Gasteiger partial charge on any atom is 0.407 e. The molecule has 2 amide bonds. The van der Waals surface area contributed by atoms with Gasteiger partial charge in [-0.25, -0.2) is 14.4 Å². The molecule has 0 aliphatic heterocycles. The highest BCUT2D eigenvalue weighted by atomic mass is 16.6. The molecule has 0 fully saturated rings. The van der Waals surface area contributed by atoms with Crippen molar-refractivity contribution in [3.63, 3.8) is 0 Å². The zero-order chi connectivity index (χ0) is 20.9. The van der Waals surface area contributed by atoms with Gasteiger partial charge < -0.3 is 24.8 Å². The second-order valence-electron chi connectivity index (χ2n) is 5.66. The minimum absolute atomic E-state index is 0.107. The Kier molecular flexibility index (Phi) is 9.80. The highest BCUT2D eigenvalue weighted by Crippen LogP contribution is 2.07. The van der Waals surface area contributed by atoms with Crippen LogP contribution in [0.4, 0.5) is 4.79 Å². The minimum Gasteiger partial charge on any atom is -0.465 e. The number of hydrogen-bond donors (Lipinski definition) is 2. The molecule has 2 N–H and O–H groups in total. The summed E-state index contributed by atoms with van der Waals surface area (Å²) in [4.78, 5) is 45.9. The van der Waals surface area contributed by atoms with Crippen LogP contribution in [-0.2, 0) is 19.0 Å². The molecule has 0 aromatic heterocycles. The van der Waals surface area contributed by atoms with Crippen molar-refractivity contribution >= 4 is 23.9 Å². The van der Waals surface area contributed by atoms with Crippen LogP contribution in [0.2, 0.25) is 0 Å². The number of benzene rings is 1. The van der Waals surface area contributed by atoms with E-state index in [4.69, 9.17) is 9.47 Å². The topological polar surface area (TPSA) is 120 Å². The fourth-order valence-corrected chi connectivity index (χ4v) is 1.89. The van der Waals surface area contributed by atoms with Crippen molar-refractivity contribution < 1.29 is 33.4 Å². The second-order valence-corrected chi connectivity index (χ2v) is 5.66. The van der Waals surface area contributed by atoms with Crippen LogP contribution in [0.1, 0.15) is 34.1 Å². The van der Waals surface area contributed by atoms with Crippen molar-refractivity contribution in [1.29, 1.82) is 0 Å². The first kappa shape index (κ1) is 22.7. The van der Waals surface area contributed by atoms with Crippen molar-refractivity contribution in [1.82, 2.24) is 10.6 Å². The van der Waals surface area contributed by atoms with Gasteiger partial charge in [-0.3, -0.25) is 4.79 Å². The molecule has 0 unspecified atom stereocenters. The van der Waals surface area contributed by atoms with E-state index in [0.29, 0.717) is 30.6 Å². The molecule has 0 saturated heterocycles. The fraction of sp³-hybridized carbons (Fsp3) is 0.368. The lowest BCUT2D eigenvalue weighted by molar-refractivity contribution is -0.117. The van der Waals surface area contributed by atoms with Crippen LogP contribution in [0.15, 0.2) is 36.4 Å². The second kappa shape index (κ2) is 12.1. The fourth-order valence-electron chi connectivity index (χ4n) is 1.89. The third-order valence-electron chi connectivity index (χ3n) is 3.39. The molecule has 9 heteroatoms. The van der Waals surface area contributed by atoms with E-state index in [1.165, 1.54) is 31.4 Å². The standard InChI is InChI=1S/C19H24N2O7/c1-13(2)16(22)20-9-4-10-21-19(25)28-12-11-27-18(24)15-7-5-14(6-8-15)17(23)26-3/h5-8H,1,4,9-12H2,2-3H3,(H,20,22)(H,21,25). The summed E-state index contributed by atoms with van der Waals surface area (Å²) in [6, 6.07) is 5.78. The van der Waals surface area contributed by atoms with E-state index in [9.17, 15) is 19.2 Å². The Morgan fingerprint density at radius 2 is 1.43 bits per heavy atom. The number of alkyl carbamates (subject to hydrolysis) is 1. The Bertz CT molecular complexity index is 713. The molecule has 9 nitrogen and oxygen atoms in total. The van der Waals surface area contributed by atoms with Gasteiger partial charge in [-0.1, -0.05) is 6.58 Å². The number of carbonyl (C=O) groups excluding carboxylic acids is 4. The maximum absolute atomic E-state index is 11.9. The van der Waals surface area contributed by atoms with Crippen molar-refractivity contribution in [2.45, 2.75) is 13.3 Å². The van der Waals surface area contributed by atoms with Gasteiger partial charge >= 0.3 is 18.0 Å². The Hall–Kier alpha value is -3.36. The van der Waals surface area contributed by atoms with Crippen LogP contribution < -0.4 is 10.6 Å². The quantitative estimate of drug-likeness (QED) is 0.267. The molecule has 0 saturated carbocycles. The molecule has 0 aliphatic carbocycles. The van der Waals surface area contributed by atoms with Crippen LogP contribution in [0.25, 0.3) is 0 Å². The van der Waals surface area contributed by atoms with Crippen LogP contribution >= 0.6 is 0 Å². The lowest BCUT2D eigenvalue weighted by Crippen LogP contribution is -2.31. The number of nitrogens with one attached hydrogen (secondary N) is 2. The smallest absolute Gasteiger partial charge is 0.407 e. The molecular weight excluding hydrogens is 368 g/mol. The molecule has 1 aromatic rings. The number of esters is 2. The third kappa shape index (κ3) is 8.35. The van der Waals surface area contributed by atoms with E-state index in [-0.39, 0.29) is 24.7 Å². The number of carbonyl (C=O) groups is 4. The number of hydrogen-bond acceptors (Lipinski definition) is 7. The molecule has 1 rings (SSSR count). The Morgan fingerprint density at radius 1 is 0.893 bits per heavy atom. The Labute approximate surface area is 163 Å². The first-order valence-electron chi connectivity index (χ1n) is 8.55. The zero-order valence-corrected chi connectivity index (χ0v) is 15.9. The summed E-state index contributed by atoms with van der Waals surface area (Å²) in [5.74, 6) is -1.34. The maximum atomic E-state index is 11.9. The third-order valence-corrected chi connectivity index (χ3v) is 3.39. The Morgan fingerprint density at radius 3 is 2.00 bits per heavy atom. The molecule has 28 heavy (non-hydrogen) atoms. The van der Waals surface area contributed by atoms with Gasteiger partial charge in [0.25, 0.3) is 0 Å². The predicted octanol–water partition coefficient (Wildman–Crippen LogP) is 1.44. The molecule has 0 aliphatic rings. The van der Waals surface area contributed by atoms with Gasteiger partial charge in [0.05, 0.1) is 18.2 Å². The zero-order valence-electron chi connectivity index (χ0n) is 15.9. The number of methoxy groups -OCH3 is 1. The van der Waals surface area contributed by atoms with Crippen molar-refractivity contribution in [3.05, 3.63) is 47.5 Å². The van der Waals surface area contributed by atoms with E-state index in [0.717, 1.165) is 0 Å². The van der Waals surface area contributed by atoms with Crippen LogP contribution in [-0.4, -0.2) is 57.4 Å².